The average Bonchev–Trinajstić information content (AvgIpc) is 3.41. The first-order valence-corrected chi connectivity index (χ1v) is 11.1. The third kappa shape index (κ3) is 5.21. The Hall–Kier alpha value is -1.63. The lowest BCUT2D eigenvalue weighted by Gasteiger charge is -2.21. The van der Waals surface area contributed by atoms with Crippen molar-refractivity contribution in [3.63, 3.8) is 0 Å². The predicted octanol–water partition coefficient (Wildman–Crippen LogP) is 2.51. The molecule has 3 rings (SSSR count). The largest absolute Gasteiger partial charge is 0.356 e. The maximum absolute atomic E-state index is 12.6. The first kappa shape index (κ1) is 20.1. The minimum Gasteiger partial charge on any atom is -0.356 e. The van der Waals surface area contributed by atoms with Crippen molar-refractivity contribution >= 4 is 23.2 Å². The van der Waals surface area contributed by atoms with Crippen molar-refractivity contribution < 1.29 is 4.79 Å². The van der Waals surface area contributed by atoms with Crippen LogP contribution in [0.1, 0.15) is 54.6 Å². The monoisotopic (exact) mass is 391 g/mol. The molecule has 1 saturated heterocycles. The number of thiazole rings is 1. The van der Waals surface area contributed by atoms with Gasteiger partial charge in [-0.25, -0.2) is 4.98 Å². The molecule has 1 aromatic rings. The van der Waals surface area contributed by atoms with Crippen LogP contribution in [0.25, 0.3) is 0 Å². The number of aryl methyl sites for hydroxylation is 2. The van der Waals surface area contributed by atoms with Gasteiger partial charge in [0.15, 0.2) is 5.96 Å². The lowest BCUT2D eigenvalue weighted by atomic mass is 10.1. The van der Waals surface area contributed by atoms with Crippen LogP contribution in [0.15, 0.2) is 4.99 Å². The van der Waals surface area contributed by atoms with Gasteiger partial charge in [0.2, 0.25) is 5.91 Å². The van der Waals surface area contributed by atoms with Crippen LogP contribution in [0.5, 0.6) is 0 Å². The molecular weight excluding hydrogens is 358 g/mol. The third-order valence-electron chi connectivity index (χ3n) is 5.67. The topological polar surface area (TPSA) is 69.6 Å². The number of aliphatic imine (C=N–C) groups is 1. The van der Waals surface area contributed by atoms with Gasteiger partial charge in [-0.15, -0.1) is 11.3 Å². The first-order chi connectivity index (χ1) is 13.1. The lowest BCUT2D eigenvalue weighted by molar-refractivity contribution is -0.134. The molecule has 1 aliphatic heterocycles. The summed E-state index contributed by atoms with van der Waals surface area (Å²) in [5, 5.41) is 8.06. The zero-order valence-electron chi connectivity index (χ0n) is 16.9. The summed E-state index contributed by atoms with van der Waals surface area (Å²) in [4.78, 5) is 25.0. The molecule has 1 atom stereocenters. The molecule has 1 aliphatic carbocycles. The number of hydrogen-bond donors (Lipinski definition) is 2. The van der Waals surface area contributed by atoms with E-state index in [2.05, 4.69) is 29.5 Å². The number of likely N-dealkylation sites (tertiary alicyclic amines) is 1. The van der Waals surface area contributed by atoms with Crippen molar-refractivity contribution in [3.8, 4) is 0 Å². The number of rotatable bonds is 6. The second-order valence-electron chi connectivity index (χ2n) is 7.61. The Morgan fingerprint density at radius 1 is 1.33 bits per heavy atom. The van der Waals surface area contributed by atoms with E-state index in [9.17, 15) is 4.79 Å². The molecule has 0 aromatic carbocycles. The highest BCUT2D eigenvalue weighted by molar-refractivity contribution is 7.11. The molecule has 150 valence electrons. The predicted molar refractivity (Wildman–Crippen MR) is 111 cm³/mol. The van der Waals surface area contributed by atoms with Crippen LogP contribution in [-0.4, -0.2) is 54.5 Å². The van der Waals surface area contributed by atoms with Crippen LogP contribution in [-0.2, 0) is 17.6 Å². The van der Waals surface area contributed by atoms with Gasteiger partial charge in [0.05, 0.1) is 10.7 Å². The number of carbonyl (C=O) groups is 1. The van der Waals surface area contributed by atoms with Gasteiger partial charge < -0.3 is 15.5 Å². The zero-order valence-corrected chi connectivity index (χ0v) is 17.7. The van der Waals surface area contributed by atoms with E-state index in [1.807, 2.05) is 4.90 Å². The van der Waals surface area contributed by atoms with Gasteiger partial charge in [-0.1, -0.05) is 19.8 Å². The van der Waals surface area contributed by atoms with Gasteiger partial charge in [-0.3, -0.25) is 9.79 Å². The molecule has 2 fully saturated rings. The Balaban J connectivity index is 1.41. The van der Waals surface area contributed by atoms with Crippen molar-refractivity contribution in [2.45, 2.75) is 64.8 Å². The van der Waals surface area contributed by atoms with Gasteiger partial charge in [-0.05, 0) is 32.6 Å². The average molecular weight is 392 g/mol. The fourth-order valence-corrected chi connectivity index (χ4v) is 5.13. The van der Waals surface area contributed by atoms with Crippen LogP contribution in [0.2, 0.25) is 0 Å². The standard InChI is InChI=1S/C20H33N5OS/c1-4-17-14(2)27-18(24-17)9-11-22-20(21-3)23-16-10-12-25(13-16)19(26)15-7-5-6-8-15/h15-16H,4-13H2,1-3H3,(H2,21,22,23). The maximum Gasteiger partial charge on any atom is 0.225 e. The number of carbonyl (C=O) groups excluding carboxylic acids is 1. The van der Waals surface area contributed by atoms with Crippen LogP contribution >= 0.6 is 11.3 Å². The van der Waals surface area contributed by atoms with E-state index < -0.39 is 0 Å². The molecule has 1 unspecified atom stereocenters. The summed E-state index contributed by atoms with van der Waals surface area (Å²) in [6.07, 6.45) is 7.46. The summed E-state index contributed by atoms with van der Waals surface area (Å²) in [7, 11) is 1.80. The third-order valence-corrected chi connectivity index (χ3v) is 6.74. The number of nitrogens with one attached hydrogen (secondary N) is 2. The fourth-order valence-electron chi connectivity index (χ4n) is 4.11. The van der Waals surface area contributed by atoms with Crippen LogP contribution < -0.4 is 10.6 Å². The summed E-state index contributed by atoms with van der Waals surface area (Å²) < 4.78 is 0. The molecule has 0 spiro atoms. The second kappa shape index (κ2) is 9.53. The van der Waals surface area contributed by atoms with E-state index in [-0.39, 0.29) is 12.0 Å². The molecule has 27 heavy (non-hydrogen) atoms. The van der Waals surface area contributed by atoms with Crippen molar-refractivity contribution in [2.24, 2.45) is 10.9 Å². The van der Waals surface area contributed by atoms with Gasteiger partial charge in [0.1, 0.15) is 0 Å². The number of guanidine groups is 1. The molecule has 0 bridgehead atoms. The van der Waals surface area contributed by atoms with E-state index in [0.717, 1.165) is 57.7 Å². The molecule has 2 aliphatic rings. The normalized spacial score (nSPS) is 21.1. The van der Waals surface area contributed by atoms with Crippen molar-refractivity contribution in [2.75, 3.05) is 26.7 Å². The Morgan fingerprint density at radius 3 is 2.78 bits per heavy atom. The van der Waals surface area contributed by atoms with E-state index in [4.69, 9.17) is 4.98 Å². The van der Waals surface area contributed by atoms with E-state index in [1.165, 1.54) is 28.4 Å². The lowest BCUT2D eigenvalue weighted by Crippen LogP contribution is -2.45. The number of amides is 1. The Bertz CT molecular complexity index is 665. The number of hydrogen-bond acceptors (Lipinski definition) is 4. The van der Waals surface area contributed by atoms with Gasteiger partial charge in [-0.2, -0.15) is 0 Å². The molecule has 6 nitrogen and oxygen atoms in total. The van der Waals surface area contributed by atoms with Gasteiger partial charge >= 0.3 is 0 Å². The molecule has 2 heterocycles. The van der Waals surface area contributed by atoms with Crippen molar-refractivity contribution in [1.82, 2.24) is 20.5 Å². The highest BCUT2D eigenvalue weighted by Gasteiger charge is 2.32. The summed E-state index contributed by atoms with van der Waals surface area (Å²) in [5.74, 6) is 1.46. The summed E-state index contributed by atoms with van der Waals surface area (Å²) in [5.41, 5.74) is 1.22. The molecule has 1 aromatic heterocycles. The SMILES string of the molecule is CCc1nc(CCNC(=NC)NC2CCN(C(=O)C3CCCC3)C2)sc1C. The van der Waals surface area contributed by atoms with E-state index in [1.54, 1.807) is 18.4 Å². The van der Waals surface area contributed by atoms with E-state index in [0.29, 0.717) is 5.91 Å². The quantitative estimate of drug-likeness (QED) is 0.577. The summed E-state index contributed by atoms with van der Waals surface area (Å²) in [6, 6.07) is 0.287. The Morgan fingerprint density at radius 2 is 2.11 bits per heavy atom. The molecule has 2 N–H and O–H groups in total. The highest BCUT2D eigenvalue weighted by Crippen LogP contribution is 2.27. The maximum atomic E-state index is 12.6. The fraction of sp³-hybridized carbons (Fsp3) is 0.750. The van der Waals surface area contributed by atoms with E-state index >= 15 is 0 Å². The Labute approximate surface area is 166 Å². The van der Waals surface area contributed by atoms with Gasteiger partial charge in [0, 0.05) is 49.9 Å². The minimum atomic E-state index is 0.274. The Kier molecular flexibility index (Phi) is 7.10. The highest BCUT2D eigenvalue weighted by atomic mass is 32.1. The van der Waals surface area contributed by atoms with Crippen molar-refractivity contribution in [3.05, 3.63) is 15.6 Å². The molecular formula is C20H33N5OS. The number of aromatic nitrogens is 1. The second-order valence-corrected chi connectivity index (χ2v) is 8.90. The molecule has 1 saturated carbocycles. The smallest absolute Gasteiger partial charge is 0.225 e. The minimum absolute atomic E-state index is 0.274. The zero-order chi connectivity index (χ0) is 19.2. The molecule has 0 radical (unpaired) electrons. The van der Waals surface area contributed by atoms with Crippen LogP contribution in [0.3, 0.4) is 0 Å². The first-order valence-electron chi connectivity index (χ1n) is 10.3. The van der Waals surface area contributed by atoms with Crippen LogP contribution in [0.4, 0.5) is 0 Å². The number of nitrogens with zero attached hydrogens (tertiary/aromatic N) is 3. The summed E-state index contributed by atoms with van der Waals surface area (Å²) >= 11 is 1.79. The van der Waals surface area contributed by atoms with Crippen molar-refractivity contribution in [1.29, 1.82) is 0 Å². The molecule has 7 heteroatoms. The summed E-state index contributed by atoms with van der Waals surface area (Å²) in [6.45, 7) is 6.77. The van der Waals surface area contributed by atoms with Gasteiger partial charge in [0.25, 0.3) is 0 Å². The molecule has 1 amide bonds. The van der Waals surface area contributed by atoms with Crippen LogP contribution in [0, 0.1) is 12.8 Å².